The van der Waals surface area contributed by atoms with Gasteiger partial charge >= 0.3 is 5.97 Å². The van der Waals surface area contributed by atoms with Gasteiger partial charge in [-0.1, -0.05) is 17.7 Å². The molecule has 0 aliphatic carbocycles. The summed E-state index contributed by atoms with van der Waals surface area (Å²) in [6.07, 6.45) is 1.40. The van der Waals surface area contributed by atoms with Crippen molar-refractivity contribution in [1.29, 1.82) is 0 Å². The van der Waals surface area contributed by atoms with Crippen molar-refractivity contribution in [2.45, 2.75) is 13.8 Å². The fourth-order valence-corrected chi connectivity index (χ4v) is 2.37. The SMILES string of the molecule is Cc1ccc(NC(=O)c2ccc(OC(=O)c3ccco3)cc2)c(C)c1. The van der Waals surface area contributed by atoms with Gasteiger partial charge in [-0.2, -0.15) is 0 Å². The first-order chi connectivity index (χ1) is 12.0. The average Bonchev–Trinajstić information content (AvgIpc) is 3.13. The fraction of sp³-hybridized carbons (Fsp3) is 0.100. The number of hydrogen-bond acceptors (Lipinski definition) is 4. The maximum Gasteiger partial charge on any atom is 0.379 e. The smallest absolute Gasteiger partial charge is 0.379 e. The Balaban J connectivity index is 1.67. The second-order valence-electron chi connectivity index (χ2n) is 5.66. The van der Waals surface area contributed by atoms with Crippen LogP contribution >= 0.6 is 0 Å². The molecule has 126 valence electrons. The van der Waals surface area contributed by atoms with Crippen LogP contribution in [-0.4, -0.2) is 11.9 Å². The van der Waals surface area contributed by atoms with Gasteiger partial charge in [-0.15, -0.1) is 0 Å². The van der Waals surface area contributed by atoms with Crippen LogP contribution in [-0.2, 0) is 0 Å². The minimum Gasteiger partial charge on any atom is -0.457 e. The molecule has 0 aliphatic rings. The van der Waals surface area contributed by atoms with Gasteiger partial charge in [0.2, 0.25) is 5.76 Å². The second kappa shape index (κ2) is 7.05. The van der Waals surface area contributed by atoms with Crippen molar-refractivity contribution in [3.63, 3.8) is 0 Å². The third-order valence-corrected chi connectivity index (χ3v) is 3.68. The van der Waals surface area contributed by atoms with Crippen LogP contribution in [0.3, 0.4) is 0 Å². The first-order valence-electron chi connectivity index (χ1n) is 7.77. The molecule has 0 aliphatic heterocycles. The summed E-state index contributed by atoms with van der Waals surface area (Å²) in [6, 6.07) is 15.3. The number of benzene rings is 2. The molecule has 1 aromatic heterocycles. The molecule has 3 rings (SSSR count). The number of ether oxygens (including phenoxy) is 1. The summed E-state index contributed by atoms with van der Waals surface area (Å²) in [7, 11) is 0. The van der Waals surface area contributed by atoms with E-state index in [0.717, 1.165) is 16.8 Å². The molecule has 1 heterocycles. The number of esters is 1. The fourth-order valence-electron chi connectivity index (χ4n) is 2.37. The molecule has 2 aromatic carbocycles. The molecule has 5 heteroatoms. The van der Waals surface area contributed by atoms with Crippen LogP contribution in [0.2, 0.25) is 0 Å². The van der Waals surface area contributed by atoms with Crippen molar-refractivity contribution in [3.8, 4) is 5.75 Å². The Kier molecular flexibility index (Phi) is 4.66. The summed E-state index contributed by atoms with van der Waals surface area (Å²) in [6.45, 7) is 3.95. The van der Waals surface area contributed by atoms with E-state index in [-0.39, 0.29) is 11.7 Å². The van der Waals surface area contributed by atoms with Gasteiger partial charge in [-0.05, 0) is 61.9 Å². The van der Waals surface area contributed by atoms with Crippen LogP contribution < -0.4 is 10.1 Å². The third kappa shape index (κ3) is 3.95. The van der Waals surface area contributed by atoms with Crippen LogP contribution in [0.25, 0.3) is 0 Å². The molecule has 0 radical (unpaired) electrons. The lowest BCUT2D eigenvalue weighted by Gasteiger charge is -2.09. The Labute approximate surface area is 145 Å². The van der Waals surface area contributed by atoms with Crippen LogP contribution in [0.15, 0.2) is 65.3 Å². The topological polar surface area (TPSA) is 68.5 Å². The zero-order chi connectivity index (χ0) is 17.8. The van der Waals surface area contributed by atoms with E-state index in [4.69, 9.17) is 9.15 Å². The summed E-state index contributed by atoms with van der Waals surface area (Å²) in [5, 5.41) is 2.87. The van der Waals surface area contributed by atoms with E-state index < -0.39 is 5.97 Å². The van der Waals surface area contributed by atoms with Gasteiger partial charge in [0.05, 0.1) is 6.26 Å². The molecule has 3 aromatic rings. The number of aryl methyl sites for hydroxylation is 2. The lowest BCUT2D eigenvalue weighted by atomic mass is 10.1. The molecule has 0 fully saturated rings. The van der Waals surface area contributed by atoms with E-state index >= 15 is 0 Å². The highest BCUT2D eigenvalue weighted by Gasteiger charge is 2.12. The number of hydrogen-bond donors (Lipinski definition) is 1. The monoisotopic (exact) mass is 335 g/mol. The minimum absolute atomic E-state index is 0.122. The Morgan fingerprint density at radius 3 is 2.40 bits per heavy atom. The van der Waals surface area contributed by atoms with Crippen LogP contribution in [0.4, 0.5) is 5.69 Å². The number of nitrogens with one attached hydrogen (secondary N) is 1. The molecule has 0 unspecified atom stereocenters. The van der Waals surface area contributed by atoms with Gasteiger partial charge in [-0.25, -0.2) is 4.79 Å². The standard InChI is InChI=1S/C20H17NO4/c1-13-5-10-17(14(2)12-13)21-19(22)15-6-8-16(9-7-15)25-20(23)18-4-3-11-24-18/h3-12H,1-2H3,(H,21,22). The minimum atomic E-state index is -0.586. The van der Waals surface area contributed by atoms with Crippen LogP contribution in [0.1, 0.15) is 32.0 Å². The molecule has 1 N–H and O–H groups in total. The van der Waals surface area contributed by atoms with Crippen molar-refractivity contribution in [1.82, 2.24) is 0 Å². The van der Waals surface area contributed by atoms with Gasteiger partial charge in [0.25, 0.3) is 5.91 Å². The van der Waals surface area contributed by atoms with E-state index in [2.05, 4.69) is 5.32 Å². The Hall–Kier alpha value is -3.34. The highest BCUT2D eigenvalue weighted by Crippen LogP contribution is 2.19. The first-order valence-corrected chi connectivity index (χ1v) is 7.77. The molecular formula is C20H17NO4. The summed E-state index contributed by atoms with van der Waals surface area (Å²) < 4.78 is 10.2. The van der Waals surface area contributed by atoms with E-state index in [1.807, 2.05) is 32.0 Å². The van der Waals surface area contributed by atoms with Crippen molar-refractivity contribution in [2.24, 2.45) is 0 Å². The molecule has 1 amide bonds. The Bertz CT molecular complexity index is 896. The zero-order valence-electron chi connectivity index (χ0n) is 13.9. The van der Waals surface area contributed by atoms with E-state index in [0.29, 0.717) is 11.3 Å². The predicted octanol–water partition coefficient (Wildman–Crippen LogP) is 4.37. The molecule has 0 saturated heterocycles. The quantitative estimate of drug-likeness (QED) is 0.568. The number of carbonyl (C=O) groups excluding carboxylic acids is 2. The molecule has 0 bridgehead atoms. The normalized spacial score (nSPS) is 10.3. The van der Waals surface area contributed by atoms with Gasteiger partial charge in [0, 0.05) is 11.3 Å². The third-order valence-electron chi connectivity index (χ3n) is 3.68. The molecule has 0 atom stereocenters. The highest BCUT2D eigenvalue weighted by atomic mass is 16.5. The van der Waals surface area contributed by atoms with Crippen LogP contribution in [0, 0.1) is 13.8 Å². The summed E-state index contributed by atoms with van der Waals surface area (Å²) in [5.41, 5.74) is 3.37. The lowest BCUT2D eigenvalue weighted by molar-refractivity contribution is 0.0701. The van der Waals surface area contributed by atoms with Gasteiger partial charge in [-0.3, -0.25) is 4.79 Å². The number of amides is 1. The van der Waals surface area contributed by atoms with E-state index in [9.17, 15) is 9.59 Å². The van der Waals surface area contributed by atoms with E-state index in [1.54, 1.807) is 30.3 Å². The molecule has 0 spiro atoms. The number of rotatable bonds is 4. The van der Waals surface area contributed by atoms with Crippen molar-refractivity contribution in [2.75, 3.05) is 5.32 Å². The Morgan fingerprint density at radius 1 is 1.00 bits per heavy atom. The van der Waals surface area contributed by atoms with Crippen molar-refractivity contribution in [3.05, 3.63) is 83.3 Å². The number of furan rings is 1. The number of anilines is 1. The molecule has 0 saturated carbocycles. The first kappa shape index (κ1) is 16.5. The molecule has 25 heavy (non-hydrogen) atoms. The van der Waals surface area contributed by atoms with Crippen molar-refractivity contribution < 1.29 is 18.7 Å². The second-order valence-corrected chi connectivity index (χ2v) is 5.66. The summed E-state index contributed by atoms with van der Waals surface area (Å²) in [4.78, 5) is 24.1. The Morgan fingerprint density at radius 2 is 1.76 bits per heavy atom. The largest absolute Gasteiger partial charge is 0.457 e. The van der Waals surface area contributed by atoms with Gasteiger partial charge in [0.1, 0.15) is 5.75 Å². The van der Waals surface area contributed by atoms with Gasteiger partial charge in [0.15, 0.2) is 0 Å². The van der Waals surface area contributed by atoms with Crippen molar-refractivity contribution >= 4 is 17.6 Å². The van der Waals surface area contributed by atoms with Gasteiger partial charge < -0.3 is 14.5 Å². The van der Waals surface area contributed by atoms with E-state index in [1.165, 1.54) is 12.3 Å². The predicted molar refractivity (Wildman–Crippen MR) is 94.0 cm³/mol. The average molecular weight is 335 g/mol. The highest BCUT2D eigenvalue weighted by molar-refractivity contribution is 6.04. The lowest BCUT2D eigenvalue weighted by Crippen LogP contribution is -2.13. The summed E-state index contributed by atoms with van der Waals surface area (Å²) >= 11 is 0. The summed E-state index contributed by atoms with van der Waals surface area (Å²) in [5.74, 6) is -0.352. The maximum atomic E-state index is 12.3. The van der Waals surface area contributed by atoms with Crippen LogP contribution in [0.5, 0.6) is 5.75 Å². The number of carbonyl (C=O) groups is 2. The zero-order valence-corrected chi connectivity index (χ0v) is 13.9. The molecule has 5 nitrogen and oxygen atoms in total. The maximum absolute atomic E-state index is 12.3. The molecular weight excluding hydrogens is 318 g/mol.